The zero-order chi connectivity index (χ0) is 8.48. The maximum atomic E-state index is 3.59. The van der Waals surface area contributed by atoms with Gasteiger partial charge in [-0.1, -0.05) is 36.7 Å². The molecule has 1 fully saturated rings. The van der Waals surface area contributed by atoms with Gasteiger partial charge in [0.15, 0.2) is 0 Å². The fourth-order valence-electron chi connectivity index (χ4n) is 2.23. The molecule has 2 unspecified atom stereocenters. The molecule has 0 bridgehead atoms. The van der Waals surface area contributed by atoms with Crippen LogP contribution in [0.2, 0.25) is 0 Å². The fraction of sp³-hybridized carbons (Fsp3) is 1.00. The van der Waals surface area contributed by atoms with Gasteiger partial charge in [-0.25, -0.2) is 0 Å². The Balaban J connectivity index is 2.48. The largest absolute Gasteiger partial charge is 0.0925 e. The Labute approximate surface area is 78.9 Å². The Morgan fingerprint density at radius 1 is 1.45 bits per heavy atom. The van der Waals surface area contributed by atoms with Crippen molar-refractivity contribution in [1.29, 1.82) is 0 Å². The summed E-state index contributed by atoms with van der Waals surface area (Å²) in [5.41, 5.74) is 0.609. The molecule has 0 aromatic heterocycles. The van der Waals surface area contributed by atoms with Gasteiger partial charge in [0.25, 0.3) is 0 Å². The van der Waals surface area contributed by atoms with Crippen LogP contribution in [-0.4, -0.2) is 5.33 Å². The summed E-state index contributed by atoms with van der Waals surface area (Å²) >= 11 is 3.59. The first-order valence-corrected chi connectivity index (χ1v) is 5.73. The van der Waals surface area contributed by atoms with E-state index in [2.05, 4.69) is 36.7 Å². The molecule has 1 aliphatic carbocycles. The molecule has 0 aromatic carbocycles. The Morgan fingerprint density at radius 3 is 2.55 bits per heavy atom. The highest BCUT2D eigenvalue weighted by Gasteiger charge is 2.31. The second kappa shape index (κ2) is 3.47. The average Bonchev–Trinajstić information content (AvgIpc) is 1.86. The number of halogens is 1. The third-order valence-corrected chi connectivity index (χ3v) is 3.90. The number of hydrogen-bond acceptors (Lipinski definition) is 0. The second-order valence-electron chi connectivity index (χ2n) is 4.80. The summed E-state index contributed by atoms with van der Waals surface area (Å²) in [5, 5.41) is 1.20. The van der Waals surface area contributed by atoms with Crippen molar-refractivity contribution in [3.8, 4) is 0 Å². The van der Waals surface area contributed by atoms with Crippen molar-refractivity contribution in [1.82, 2.24) is 0 Å². The van der Waals surface area contributed by atoms with Gasteiger partial charge in [-0.3, -0.25) is 0 Å². The summed E-state index contributed by atoms with van der Waals surface area (Å²) in [4.78, 5) is 0. The van der Waals surface area contributed by atoms with Crippen LogP contribution in [0, 0.1) is 17.3 Å². The second-order valence-corrected chi connectivity index (χ2v) is 5.45. The van der Waals surface area contributed by atoms with E-state index in [1.54, 1.807) is 0 Å². The highest BCUT2D eigenvalue weighted by atomic mass is 79.9. The van der Waals surface area contributed by atoms with Gasteiger partial charge in [0.2, 0.25) is 0 Å². The van der Waals surface area contributed by atoms with Crippen molar-refractivity contribution in [2.75, 3.05) is 5.33 Å². The van der Waals surface area contributed by atoms with E-state index in [-0.39, 0.29) is 0 Å². The monoisotopic (exact) mass is 218 g/mol. The lowest BCUT2D eigenvalue weighted by molar-refractivity contribution is 0.142. The van der Waals surface area contributed by atoms with Crippen molar-refractivity contribution < 1.29 is 0 Å². The minimum Gasteiger partial charge on any atom is -0.0925 e. The molecular formula is C10H19Br. The van der Waals surface area contributed by atoms with E-state index in [1.165, 1.54) is 24.6 Å². The maximum Gasteiger partial charge on any atom is 0.00622 e. The molecule has 0 spiro atoms. The third kappa shape index (κ3) is 2.47. The minimum absolute atomic E-state index is 0.609. The van der Waals surface area contributed by atoms with E-state index in [0.717, 1.165) is 11.8 Å². The van der Waals surface area contributed by atoms with Gasteiger partial charge in [0.1, 0.15) is 0 Å². The van der Waals surface area contributed by atoms with Gasteiger partial charge >= 0.3 is 0 Å². The van der Waals surface area contributed by atoms with Crippen LogP contribution < -0.4 is 0 Å². The first kappa shape index (κ1) is 9.57. The van der Waals surface area contributed by atoms with Crippen LogP contribution in [0.5, 0.6) is 0 Å². The maximum absolute atomic E-state index is 3.59. The molecule has 1 heteroatoms. The SMILES string of the molecule is CC1CC(C)(C)CCC1CBr. The molecule has 1 rings (SSSR count). The lowest BCUT2D eigenvalue weighted by Gasteiger charge is -2.38. The molecule has 0 saturated heterocycles. The Bertz CT molecular complexity index is 129. The standard InChI is InChI=1S/C10H19Br/c1-8-6-10(2,3)5-4-9(8)7-11/h8-9H,4-7H2,1-3H3. The molecular weight excluding hydrogens is 200 g/mol. The summed E-state index contributed by atoms with van der Waals surface area (Å²) in [6, 6.07) is 0. The van der Waals surface area contributed by atoms with Crippen molar-refractivity contribution in [2.45, 2.75) is 40.0 Å². The topological polar surface area (TPSA) is 0 Å². The number of rotatable bonds is 1. The van der Waals surface area contributed by atoms with E-state index in [1.807, 2.05) is 0 Å². The molecule has 0 aromatic rings. The molecule has 66 valence electrons. The summed E-state index contributed by atoms with van der Waals surface area (Å²) in [7, 11) is 0. The van der Waals surface area contributed by atoms with Crippen LogP contribution in [0.1, 0.15) is 40.0 Å². The number of alkyl halides is 1. The fourth-order valence-corrected chi connectivity index (χ4v) is 3.19. The zero-order valence-electron chi connectivity index (χ0n) is 7.86. The molecule has 11 heavy (non-hydrogen) atoms. The highest BCUT2D eigenvalue weighted by Crippen LogP contribution is 2.41. The van der Waals surface area contributed by atoms with Crippen LogP contribution in [0.4, 0.5) is 0 Å². The Kier molecular flexibility index (Phi) is 3.02. The summed E-state index contributed by atoms with van der Waals surface area (Å²) in [5.74, 6) is 1.85. The van der Waals surface area contributed by atoms with Gasteiger partial charge in [0, 0.05) is 5.33 Å². The van der Waals surface area contributed by atoms with E-state index in [0.29, 0.717) is 5.41 Å². The molecule has 0 N–H and O–H groups in total. The Hall–Kier alpha value is 0.480. The van der Waals surface area contributed by atoms with E-state index in [9.17, 15) is 0 Å². The molecule has 0 nitrogen and oxygen atoms in total. The molecule has 1 saturated carbocycles. The van der Waals surface area contributed by atoms with Gasteiger partial charge in [-0.2, -0.15) is 0 Å². The van der Waals surface area contributed by atoms with Gasteiger partial charge in [0.05, 0.1) is 0 Å². The quantitative estimate of drug-likeness (QED) is 0.587. The van der Waals surface area contributed by atoms with Crippen LogP contribution in [0.15, 0.2) is 0 Å². The van der Waals surface area contributed by atoms with Crippen molar-refractivity contribution in [2.24, 2.45) is 17.3 Å². The zero-order valence-corrected chi connectivity index (χ0v) is 9.45. The molecule has 1 aliphatic rings. The molecule has 0 radical (unpaired) electrons. The molecule has 0 aliphatic heterocycles. The lowest BCUT2D eigenvalue weighted by atomic mass is 9.68. The first-order valence-electron chi connectivity index (χ1n) is 4.61. The van der Waals surface area contributed by atoms with Gasteiger partial charge in [-0.05, 0) is 36.5 Å². The van der Waals surface area contributed by atoms with E-state index < -0.39 is 0 Å². The average molecular weight is 219 g/mol. The highest BCUT2D eigenvalue weighted by molar-refractivity contribution is 9.09. The summed E-state index contributed by atoms with van der Waals surface area (Å²) in [6.07, 6.45) is 4.23. The molecule has 2 atom stereocenters. The predicted molar refractivity (Wildman–Crippen MR) is 54.1 cm³/mol. The van der Waals surface area contributed by atoms with Crippen molar-refractivity contribution >= 4 is 15.9 Å². The summed E-state index contributed by atoms with van der Waals surface area (Å²) < 4.78 is 0. The van der Waals surface area contributed by atoms with Crippen LogP contribution in [0.3, 0.4) is 0 Å². The van der Waals surface area contributed by atoms with Crippen molar-refractivity contribution in [3.63, 3.8) is 0 Å². The van der Waals surface area contributed by atoms with E-state index >= 15 is 0 Å². The molecule has 0 heterocycles. The number of hydrogen-bond donors (Lipinski definition) is 0. The molecule has 0 amide bonds. The Morgan fingerprint density at radius 2 is 2.09 bits per heavy atom. The van der Waals surface area contributed by atoms with Gasteiger partial charge in [-0.15, -0.1) is 0 Å². The van der Waals surface area contributed by atoms with Crippen LogP contribution in [-0.2, 0) is 0 Å². The lowest BCUT2D eigenvalue weighted by Crippen LogP contribution is -2.28. The smallest absolute Gasteiger partial charge is 0.00622 e. The van der Waals surface area contributed by atoms with Crippen molar-refractivity contribution in [3.05, 3.63) is 0 Å². The van der Waals surface area contributed by atoms with Gasteiger partial charge < -0.3 is 0 Å². The normalized spacial score (nSPS) is 37.1. The minimum atomic E-state index is 0.609. The van der Waals surface area contributed by atoms with Crippen LogP contribution in [0.25, 0.3) is 0 Å². The predicted octanol–water partition coefficient (Wildman–Crippen LogP) is 3.84. The van der Waals surface area contributed by atoms with Crippen LogP contribution >= 0.6 is 15.9 Å². The summed E-state index contributed by atoms with van der Waals surface area (Å²) in [6.45, 7) is 7.19. The van der Waals surface area contributed by atoms with E-state index in [4.69, 9.17) is 0 Å². The first-order chi connectivity index (χ1) is 5.05. The third-order valence-electron chi connectivity index (χ3n) is 3.07.